The van der Waals surface area contributed by atoms with Crippen LogP contribution in [0.1, 0.15) is 19.6 Å². The summed E-state index contributed by atoms with van der Waals surface area (Å²) in [4.78, 5) is 4.13. The van der Waals surface area contributed by atoms with Gasteiger partial charge in [0.05, 0.1) is 12.3 Å². The van der Waals surface area contributed by atoms with Gasteiger partial charge in [-0.2, -0.15) is 0 Å². The van der Waals surface area contributed by atoms with Gasteiger partial charge in [0, 0.05) is 17.8 Å². The monoisotopic (exact) mass is 346 g/mol. The van der Waals surface area contributed by atoms with Crippen molar-refractivity contribution in [3.8, 4) is 22.8 Å². The average Bonchev–Trinajstić information content (AvgIpc) is 3.07. The summed E-state index contributed by atoms with van der Waals surface area (Å²) in [5, 5.41) is 3.50. The van der Waals surface area contributed by atoms with Crippen LogP contribution in [0.25, 0.3) is 11.1 Å². The molecule has 0 saturated carbocycles. The van der Waals surface area contributed by atoms with Crippen molar-refractivity contribution in [3.05, 3.63) is 60.1 Å². The van der Waals surface area contributed by atoms with Crippen LogP contribution in [0.2, 0.25) is 0 Å². The van der Waals surface area contributed by atoms with E-state index in [0.29, 0.717) is 22.8 Å². The first-order chi connectivity index (χ1) is 12.0. The van der Waals surface area contributed by atoms with Crippen molar-refractivity contribution in [2.45, 2.75) is 26.6 Å². The minimum atomic E-state index is -0.825. The summed E-state index contributed by atoms with van der Waals surface area (Å²) in [6.07, 6.45) is 2.86. The minimum absolute atomic E-state index is 0.118. The van der Waals surface area contributed by atoms with Crippen molar-refractivity contribution in [1.82, 2.24) is 10.1 Å². The molecule has 0 saturated heterocycles. The van der Waals surface area contributed by atoms with Crippen LogP contribution < -0.4 is 9.47 Å². The molecule has 0 amide bonds. The second-order valence-electron chi connectivity index (χ2n) is 5.56. The Kier molecular flexibility index (Phi) is 4.92. The normalized spacial score (nSPS) is 10.9. The molecule has 0 unspecified atom stereocenters. The Hall–Kier alpha value is -2.96. The molecule has 0 aliphatic rings. The van der Waals surface area contributed by atoms with Gasteiger partial charge in [0.25, 0.3) is 0 Å². The number of pyridine rings is 1. The lowest BCUT2D eigenvalue weighted by atomic mass is 10.1. The van der Waals surface area contributed by atoms with E-state index in [9.17, 15) is 8.78 Å². The first-order valence-corrected chi connectivity index (χ1v) is 7.68. The number of hydrogen-bond donors (Lipinski definition) is 0. The minimum Gasteiger partial charge on any atom is -0.479 e. The van der Waals surface area contributed by atoms with Crippen LogP contribution in [0.3, 0.4) is 0 Å². The van der Waals surface area contributed by atoms with Crippen molar-refractivity contribution < 1.29 is 22.8 Å². The molecule has 0 N–H and O–H groups in total. The van der Waals surface area contributed by atoms with Crippen molar-refractivity contribution in [2.24, 2.45) is 0 Å². The maximum atomic E-state index is 14.3. The zero-order valence-corrected chi connectivity index (χ0v) is 13.7. The molecule has 0 fully saturated rings. The van der Waals surface area contributed by atoms with E-state index in [4.69, 9.17) is 14.0 Å². The first-order valence-electron chi connectivity index (χ1n) is 7.68. The Morgan fingerprint density at radius 1 is 1.12 bits per heavy atom. The summed E-state index contributed by atoms with van der Waals surface area (Å²) in [5.74, 6) is -1.45. The summed E-state index contributed by atoms with van der Waals surface area (Å²) in [5.41, 5.74) is 0.807. The lowest BCUT2D eigenvalue weighted by Crippen LogP contribution is -2.08. The lowest BCUT2D eigenvalue weighted by Gasteiger charge is -2.14. The van der Waals surface area contributed by atoms with E-state index in [1.807, 2.05) is 13.8 Å². The van der Waals surface area contributed by atoms with Crippen LogP contribution in [-0.2, 0) is 6.61 Å². The quantitative estimate of drug-likeness (QED) is 0.663. The van der Waals surface area contributed by atoms with E-state index in [1.165, 1.54) is 18.3 Å². The van der Waals surface area contributed by atoms with Gasteiger partial charge >= 0.3 is 0 Å². The van der Waals surface area contributed by atoms with E-state index < -0.39 is 17.4 Å². The maximum Gasteiger partial charge on any atom is 0.221 e. The molecule has 2 aromatic heterocycles. The van der Waals surface area contributed by atoms with Gasteiger partial charge in [-0.3, -0.25) is 0 Å². The Morgan fingerprint density at radius 3 is 2.52 bits per heavy atom. The van der Waals surface area contributed by atoms with Gasteiger partial charge in [0.1, 0.15) is 6.61 Å². The number of rotatable bonds is 6. The molecule has 0 aliphatic carbocycles. The SMILES string of the molecule is CC(C)Oc1ncccc1-c1cc(F)c(OCc2ccno2)c(F)c1. The third kappa shape index (κ3) is 3.93. The van der Waals surface area contributed by atoms with E-state index in [-0.39, 0.29) is 12.7 Å². The van der Waals surface area contributed by atoms with Gasteiger partial charge < -0.3 is 14.0 Å². The number of ether oxygens (including phenoxy) is 2. The molecule has 0 bridgehead atoms. The van der Waals surface area contributed by atoms with Crippen molar-refractivity contribution in [3.63, 3.8) is 0 Å². The summed E-state index contributed by atoms with van der Waals surface area (Å²) >= 11 is 0. The van der Waals surface area contributed by atoms with Crippen molar-refractivity contribution >= 4 is 0 Å². The lowest BCUT2D eigenvalue weighted by molar-refractivity contribution is 0.230. The van der Waals surface area contributed by atoms with E-state index >= 15 is 0 Å². The molecule has 3 aromatic rings. The Balaban J connectivity index is 1.89. The molecule has 2 heterocycles. The van der Waals surface area contributed by atoms with Gasteiger partial charge in [0.2, 0.25) is 5.88 Å². The van der Waals surface area contributed by atoms with Gasteiger partial charge in [-0.15, -0.1) is 0 Å². The number of halogens is 2. The van der Waals surface area contributed by atoms with Crippen LogP contribution in [0, 0.1) is 11.6 Å². The molecule has 3 rings (SSSR count). The fraction of sp³-hybridized carbons (Fsp3) is 0.222. The Morgan fingerprint density at radius 2 is 1.88 bits per heavy atom. The first kappa shape index (κ1) is 16.9. The fourth-order valence-electron chi connectivity index (χ4n) is 2.24. The topological polar surface area (TPSA) is 57.4 Å². The summed E-state index contributed by atoms with van der Waals surface area (Å²) in [6, 6.07) is 7.28. The van der Waals surface area contributed by atoms with E-state index in [0.717, 1.165) is 0 Å². The summed E-state index contributed by atoms with van der Waals surface area (Å²) in [7, 11) is 0. The molecular formula is C18H16F2N2O3. The Bertz CT molecular complexity index is 828. The van der Waals surface area contributed by atoms with E-state index in [2.05, 4.69) is 10.1 Å². The summed E-state index contributed by atoms with van der Waals surface area (Å²) < 4.78 is 44.3. The number of benzene rings is 1. The molecule has 7 heteroatoms. The predicted octanol–water partition coefficient (Wildman–Crippen LogP) is 4.38. The van der Waals surface area contributed by atoms with Crippen LogP contribution in [0.15, 0.2) is 47.2 Å². The number of nitrogens with zero attached hydrogens (tertiary/aromatic N) is 2. The third-order valence-corrected chi connectivity index (χ3v) is 3.28. The highest BCUT2D eigenvalue weighted by Gasteiger charge is 2.17. The number of aromatic nitrogens is 2. The highest BCUT2D eigenvalue weighted by Crippen LogP contribution is 2.33. The van der Waals surface area contributed by atoms with Crippen LogP contribution in [-0.4, -0.2) is 16.2 Å². The Labute approximate surface area is 143 Å². The molecule has 0 atom stereocenters. The number of hydrogen-bond acceptors (Lipinski definition) is 5. The molecule has 25 heavy (non-hydrogen) atoms. The zero-order valence-electron chi connectivity index (χ0n) is 13.7. The van der Waals surface area contributed by atoms with Crippen molar-refractivity contribution in [2.75, 3.05) is 0 Å². The fourth-order valence-corrected chi connectivity index (χ4v) is 2.24. The molecule has 130 valence electrons. The average molecular weight is 346 g/mol. The summed E-state index contributed by atoms with van der Waals surface area (Å²) in [6.45, 7) is 3.57. The largest absolute Gasteiger partial charge is 0.479 e. The third-order valence-electron chi connectivity index (χ3n) is 3.28. The van der Waals surface area contributed by atoms with Gasteiger partial charge in [-0.25, -0.2) is 13.8 Å². The van der Waals surface area contributed by atoms with E-state index in [1.54, 1.807) is 24.4 Å². The second kappa shape index (κ2) is 7.29. The molecular weight excluding hydrogens is 330 g/mol. The van der Waals surface area contributed by atoms with Gasteiger partial charge in [-0.05, 0) is 43.7 Å². The van der Waals surface area contributed by atoms with Gasteiger partial charge in [0.15, 0.2) is 23.1 Å². The van der Waals surface area contributed by atoms with Crippen LogP contribution >= 0.6 is 0 Å². The highest BCUT2D eigenvalue weighted by atomic mass is 19.1. The highest BCUT2D eigenvalue weighted by molar-refractivity contribution is 5.69. The molecule has 5 nitrogen and oxygen atoms in total. The molecule has 1 aromatic carbocycles. The maximum absolute atomic E-state index is 14.3. The van der Waals surface area contributed by atoms with Crippen molar-refractivity contribution in [1.29, 1.82) is 0 Å². The van der Waals surface area contributed by atoms with Crippen LogP contribution in [0.4, 0.5) is 8.78 Å². The zero-order chi connectivity index (χ0) is 17.8. The predicted molar refractivity (Wildman–Crippen MR) is 86.2 cm³/mol. The molecule has 0 spiro atoms. The molecule has 0 radical (unpaired) electrons. The molecule has 0 aliphatic heterocycles. The smallest absolute Gasteiger partial charge is 0.221 e. The standard InChI is InChI=1S/C18H16F2N2O3/c1-11(2)24-18-14(4-3-6-21-18)12-8-15(19)17(16(20)9-12)23-10-13-5-7-22-25-13/h3-9,11H,10H2,1-2H3. The van der Waals surface area contributed by atoms with Gasteiger partial charge in [-0.1, -0.05) is 5.16 Å². The van der Waals surface area contributed by atoms with Crippen LogP contribution in [0.5, 0.6) is 11.6 Å². The second-order valence-corrected chi connectivity index (χ2v) is 5.56.